The van der Waals surface area contributed by atoms with Crippen LogP contribution in [0.5, 0.6) is 5.75 Å². The maximum atomic E-state index is 13.3. The average Bonchev–Trinajstić information content (AvgIpc) is 3.23. The molecule has 4 nitrogen and oxygen atoms in total. The summed E-state index contributed by atoms with van der Waals surface area (Å²) >= 11 is 3.89. The van der Waals surface area contributed by atoms with Crippen LogP contribution in [0.25, 0.3) is 31.6 Å². The largest absolute Gasteiger partial charge is 0.496 e. The molecule has 6 heteroatoms. The number of thiazole rings is 1. The summed E-state index contributed by atoms with van der Waals surface area (Å²) in [5, 5.41) is 5.97. The standard InChI is InChI=1S/C25H17IN2O2S/c1-30-22-13-16-7-3-2-6-15(16)12-19(22)24(29)27-20-11-10-17(26)14-18(20)25-28-21-8-4-5-9-23(21)31-25/h2-14H,1H3,(H,27,29). The Bertz CT molecular complexity index is 1410. The monoisotopic (exact) mass is 536 g/mol. The molecule has 1 aromatic heterocycles. The molecule has 0 atom stereocenters. The minimum Gasteiger partial charge on any atom is -0.496 e. The zero-order valence-corrected chi connectivity index (χ0v) is 19.5. The number of benzene rings is 4. The van der Waals surface area contributed by atoms with Gasteiger partial charge in [0.05, 0.1) is 28.6 Å². The van der Waals surface area contributed by atoms with Crippen molar-refractivity contribution in [3.05, 3.63) is 88.0 Å². The van der Waals surface area contributed by atoms with E-state index in [4.69, 9.17) is 9.72 Å². The first kappa shape index (κ1) is 20.0. The molecule has 1 heterocycles. The van der Waals surface area contributed by atoms with Gasteiger partial charge in [0.25, 0.3) is 5.91 Å². The second-order valence-corrected chi connectivity index (χ2v) is 9.31. The Morgan fingerprint density at radius 2 is 1.71 bits per heavy atom. The highest BCUT2D eigenvalue weighted by Gasteiger charge is 2.17. The van der Waals surface area contributed by atoms with Crippen LogP contribution in [0.2, 0.25) is 0 Å². The average molecular weight is 536 g/mol. The molecule has 0 unspecified atom stereocenters. The summed E-state index contributed by atoms with van der Waals surface area (Å²) < 4.78 is 7.71. The van der Waals surface area contributed by atoms with E-state index in [0.717, 1.165) is 40.8 Å². The molecule has 1 N–H and O–H groups in total. The van der Waals surface area contributed by atoms with Crippen LogP contribution in [0, 0.1) is 3.57 Å². The molecular weight excluding hydrogens is 519 g/mol. The number of para-hydroxylation sites is 1. The number of nitrogens with zero attached hydrogens (tertiary/aromatic N) is 1. The molecule has 0 saturated heterocycles. The van der Waals surface area contributed by atoms with Crippen molar-refractivity contribution in [1.29, 1.82) is 0 Å². The third-order valence-electron chi connectivity index (χ3n) is 5.07. The Balaban J connectivity index is 1.56. The molecule has 0 aliphatic rings. The Kier molecular flexibility index (Phi) is 5.33. The molecule has 0 aliphatic carbocycles. The molecule has 0 aliphatic heterocycles. The van der Waals surface area contributed by atoms with Crippen LogP contribution in [0.4, 0.5) is 5.69 Å². The lowest BCUT2D eigenvalue weighted by Gasteiger charge is -2.13. The maximum Gasteiger partial charge on any atom is 0.259 e. The quantitative estimate of drug-likeness (QED) is 0.252. The van der Waals surface area contributed by atoms with Gasteiger partial charge in [0.1, 0.15) is 10.8 Å². The third kappa shape index (κ3) is 3.88. The van der Waals surface area contributed by atoms with E-state index in [1.54, 1.807) is 18.4 Å². The lowest BCUT2D eigenvalue weighted by Crippen LogP contribution is -2.14. The van der Waals surface area contributed by atoms with Gasteiger partial charge in [0.15, 0.2) is 0 Å². The minimum atomic E-state index is -0.217. The number of carbonyl (C=O) groups excluding carboxylic acids is 1. The number of amides is 1. The fraction of sp³-hybridized carbons (Fsp3) is 0.0400. The van der Waals surface area contributed by atoms with Gasteiger partial charge in [-0.15, -0.1) is 11.3 Å². The first-order valence-corrected chi connectivity index (χ1v) is 11.6. The van der Waals surface area contributed by atoms with E-state index in [9.17, 15) is 4.79 Å². The van der Waals surface area contributed by atoms with Crippen molar-refractivity contribution < 1.29 is 9.53 Å². The van der Waals surface area contributed by atoms with E-state index in [0.29, 0.717) is 11.3 Å². The van der Waals surface area contributed by atoms with E-state index in [1.807, 2.05) is 72.8 Å². The number of hydrogen-bond donors (Lipinski definition) is 1. The number of fused-ring (bicyclic) bond motifs is 2. The second kappa shape index (κ2) is 8.28. The molecule has 0 bridgehead atoms. The van der Waals surface area contributed by atoms with Gasteiger partial charge < -0.3 is 10.1 Å². The van der Waals surface area contributed by atoms with Crippen molar-refractivity contribution in [2.24, 2.45) is 0 Å². The van der Waals surface area contributed by atoms with Gasteiger partial charge in [-0.05, 0) is 75.8 Å². The van der Waals surface area contributed by atoms with E-state index in [1.165, 1.54) is 0 Å². The second-order valence-electron chi connectivity index (χ2n) is 7.03. The van der Waals surface area contributed by atoms with Crippen LogP contribution in [0.1, 0.15) is 10.4 Å². The summed E-state index contributed by atoms with van der Waals surface area (Å²) in [4.78, 5) is 18.0. The van der Waals surface area contributed by atoms with Crippen molar-refractivity contribution in [1.82, 2.24) is 4.98 Å². The smallest absolute Gasteiger partial charge is 0.259 e. The number of halogens is 1. The predicted molar refractivity (Wildman–Crippen MR) is 136 cm³/mol. The number of aromatic nitrogens is 1. The number of ether oxygens (including phenoxy) is 1. The first-order valence-electron chi connectivity index (χ1n) is 9.66. The van der Waals surface area contributed by atoms with Crippen LogP contribution < -0.4 is 10.1 Å². The Morgan fingerprint density at radius 1 is 0.968 bits per heavy atom. The van der Waals surface area contributed by atoms with E-state index in [-0.39, 0.29) is 5.91 Å². The summed E-state index contributed by atoms with van der Waals surface area (Å²) in [6.07, 6.45) is 0. The van der Waals surface area contributed by atoms with Gasteiger partial charge >= 0.3 is 0 Å². The van der Waals surface area contributed by atoms with Crippen molar-refractivity contribution in [2.45, 2.75) is 0 Å². The molecule has 31 heavy (non-hydrogen) atoms. The lowest BCUT2D eigenvalue weighted by molar-refractivity contribution is 0.102. The molecule has 4 aromatic carbocycles. The summed E-state index contributed by atoms with van der Waals surface area (Å²) in [5.74, 6) is 0.328. The molecule has 0 saturated carbocycles. The van der Waals surface area contributed by atoms with Gasteiger partial charge in [-0.3, -0.25) is 4.79 Å². The van der Waals surface area contributed by atoms with Gasteiger partial charge in [0, 0.05) is 9.13 Å². The number of methoxy groups -OCH3 is 1. The van der Waals surface area contributed by atoms with Crippen LogP contribution >= 0.6 is 33.9 Å². The lowest BCUT2D eigenvalue weighted by atomic mass is 10.0. The van der Waals surface area contributed by atoms with Crippen LogP contribution in [-0.4, -0.2) is 18.0 Å². The van der Waals surface area contributed by atoms with Crippen LogP contribution in [0.3, 0.4) is 0 Å². The molecular formula is C25H17IN2O2S. The number of nitrogens with one attached hydrogen (secondary N) is 1. The molecule has 5 rings (SSSR count). The van der Waals surface area contributed by atoms with Crippen LogP contribution in [-0.2, 0) is 0 Å². The number of rotatable bonds is 4. The minimum absolute atomic E-state index is 0.217. The van der Waals surface area contributed by atoms with E-state index >= 15 is 0 Å². The first-order chi connectivity index (χ1) is 15.1. The number of anilines is 1. The van der Waals surface area contributed by atoms with Crippen molar-refractivity contribution in [2.75, 3.05) is 12.4 Å². The zero-order valence-electron chi connectivity index (χ0n) is 16.6. The zero-order chi connectivity index (χ0) is 21.4. The van der Waals surface area contributed by atoms with Crippen molar-refractivity contribution in [3.8, 4) is 16.3 Å². The van der Waals surface area contributed by atoms with E-state index < -0.39 is 0 Å². The molecule has 0 radical (unpaired) electrons. The van der Waals surface area contributed by atoms with Gasteiger partial charge in [0.2, 0.25) is 0 Å². The number of carbonyl (C=O) groups is 1. The summed E-state index contributed by atoms with van der Waals surface area (Å²) in [6.45, 7) is 0. The highest BCUT2D eigenvalue weighted by molar-refractivity contribution is 14.1. The van der Waals surface area contributed by atoms with E-state index in [2.05, 4.69) is 34.0 Å². The predicted octanol–water partition coefficient (Wildman–Crippen LogP) is 6.98. The SMILES string of the molecule is COc1cc2ccccc2cc1C(=O)Nc1ccc(I)cc1-c1nc2ccccc2s1. The Morgan fingerprint density at radius 3 is 2.48 bits per heavy atom. The molecule has 1 amide bonds. The van der Waals surface area contributed by atoms with Crippen molar-refractivity contribution >= 4 is 66.5 Å². The Labute approximate surface area is 197 Å². The Hall–Kier alpha value is -2.97. The molecule has 0 fully saturated rings. The van der Waals surface area contributed by atoms with Gasteiger partial charge in [-0.1, -0.05) is 36.4 Å². The third-order valence-corrected chi connectivity index (χ3v) is 6.81. The summed E-state index contributed by atoms with van der Waals surface area (Å²) in [7, 11) is 1.58. The fourth-order valence-electron chi connectivity index (χ4n) is 3.55. The highest BCUT2D eigenvalue weighted by atomic mass is 127. The summed E-state index contributed by atoms with van der Waals surface area (Å²) in [6, 6.07) is 25.7. The fourth-order valence-corrected chi connectivity index (χ4v) is 5.03. The normalized spacial score (nSPS) is 11.0. The summed E-state index contributed by atoms with van der Waals surface area (Å²) in [5.41, 5.74) is 3.07. The van der Waals surface area contributed by atoms with Gasteiger partial charge in [-0.2, -0.15) is 0 Å². The van der Waals surface area contributed by atoms with Gasteiger partial charge in [-0.25, -0.2) is 4.98 Å². The number of hydrogen-bond acceptors (Lipinski definition) is 4. The molecule has 0 spiro atoms. The maximum absolute atomic E-state index is 13.3. The highest BCUT2D eigenvalue weighted by Crippen LogP contribution is 2.36. The van der Waals surface area contributed by atoms with Crippen LogP contribution in [0.15, 0.2) is 78.9 Å². The molecule has 5 aromatic rings. The topological polar surface area (TPSA) is 51.2 Å². The van der Waals surface area contributed by atoms with Crippen molar-refractivity contribution in [3.63, 3.8) is 0 Å². The molecule has 152 valence electrons.